The molecule has 0 atom stereocenters. The van der Waals surface area contributed by atoms with Gasteiger partial charge in [-0.2, -0.15) is 0 Å². The van der Waals surface area contributed by atoms with Crippen molar-refractivity contribution in [1.29, 1.82) is 0 Å². The van der Waals surface area contributed by atoms with Crippen molar-refractivity contribution >= 4 is 17.5 Å². The zero-order chi connectivity index (χ0) is 18.2. The number of nitrogens with one attached hydrogen (secondary N) is 2. The van der Waals surface area contributed by atoms with Gasteiger partial charge in [0, 0.05) is 24.1 Å². The molecule has 0 saturated heterocycles. The fraction of sp³-hybridized carbons (Fsp3) is 0.500. The van der Waals surface area contributed by atoms with Gasteiger partial charge in [-0.15, -0.1) is 6.58 Å². The van der Waals surface area contributed by atoms with Crippen molar-refractivity contribution < 1.29 is 14.3 Å². The monoisotopic (exact) mass is 344 g/mol. The molecule has 1 aromatic carbocycles. The third-order valence-corrected chi connectivity index (χ3v) is 4.38. The number of amides is 2. The average molecular weight is 344 g/mol. The quantitative estimate of drug-likeness (QED) is 0.744. The van der Waals surface area contributed by atoms with Crippen LogP contribution in [0.3, 0.4) is 0 Å². The molecule has 5 nitrogen and oxygen atoms in total. The van der Waals surface area contributed by atoms with E-state index in [1.165, 1.54) is 0 Å². The molecular weight excluding hydrogens is 316 g/mol. The molecule has 25 heavy (non-hydrogen) atoms. The van der Waals surface area contributed by atoms with Crippen LogP contribution in [0.1, 0.15) is 39.5 Å². The van der Waals surface area contributed by atoms with Crippen LogP contribution < -0.4 is 15.4 Å². The van der Waals surface area contributed by atoms with E-state index in [2.05, 4.69) is 17.2 Å². The Morgan fingerprint density at radius 3 is 2.20 bits per heavy atom. The second-order valence-corrected chi connectivity index (χ2v) is 6.76. The highest BCUT2D eigenvalue weighted by atomic mass is 16.5. The van der Waals surface area contributed by atoms with Gasteiger partial charge in [-0.25, -0.2) is 0 Å². The predicted octanol–water partition coefficient (Wildman–Crippen LogP) is 3.52. The summed E-state index contributed by atoms with van der Waals surface area (Å²) in [6.07, 6.45) is 4.79. The summed E-state index contributed by atoms with van der Waals surface area (Å²) in [6, 6.07) is 7.42. The maximum absolute atomic E-state index is 12.4. The van der Waals surface area contributed by atoms with Crippen molar-refractivity contribution in [3.8, 4) is 5.75 Å². The van der Waals surface area contributed by atoms with Gasteiger partial charge in [0.05, 0.1) is 6.10 Å². The first-order chi connectivity index (χ1) is 12.0. The molecule has 136 valence electrons. The summed E-state index contributed by atoms with van der Waals surface area (Å²) in [4.78, 5) is 24.4. The van der Waals surface area contributed by atoms with E-state index in [0.717, 1.165) is 37.1 Å². The number of carbonyl (C=O) groups excluding carboxylic acids is 2. The van der Waals surface area contributed by atoms with Gasteiger partial charge in [0.1, 0.15) is 5.75 Å². The summed E-state index contributed by atoms with van der Waals surface area (Å²) in [5.41, 5.74) is 0.770. The summed E-state index contributed by atoms with van der Waals surface area (Å²) >= 11 is 0. The lowest BCUT2D eigenvalue weighted by Gasteiger charge is -2.27. The fourth-order valence-corrected chi connectivity index (χ4v) is 3.07. The maximum atomic E-state index is 12.4. The molecule has 1 aromatic rings. The number of carbonyl (C=O) groups is 2. The van der Waals surface area contributed by atoms with Crippen molar-refractivity contribution in [2.24, 2.45) is 11.8 Å². The van der Waals surface area contributed by atoms with Crippen molar-refractivity contribution in [1.82, 2.24) is 5.32 Å². The van der Waals surface area contributed by atoms with Crippen LogP contribution in [0.15, 0.2) is 36.9 Å². The molecule has 1 aliphatic carbocycles. The molecule has 0 aliphatic heterocycles. The average Bonchev–Trinajstić information content (AvgIpc) is 2.61. The Balaban J connectivity index is 1.80. The standard InChI is InChI=1S/C20H28N2O3/c1-4-13-21-19(23)15-5-7-16(8-6-15)20(24)22-17-9-11-18(12-10-17)25-14(2)3/h4,9-12,14-16H,1,5-8,13H2,2-3H3,(H,21,23)(H,22,24). The van der Waals surface area contributed by atoms with E-state index in [4.69, 9.17) is 4.74 Å². The lowest BCUT2D eigenvalue weighted by molar-refractivity contribution is -0.128. The Hall–Kier alpha value is -2.30. The van der Waals surface area contributed by atoms with Crippen LogP contribution in [0.5, 0.6) is 5.75 Å². The third kappa shape index (κ3) is 5.93. The van der Waals surface area contributed by atoms with Crippen molar-refractivity contribution in [3.05, 3.63) is 36.9 Å². The Morgan fingerprint density at radius 1 is 1.12 bits per heavy atom. The first-order valence-corrected chi connectivity index (χ1v) is 8.95. The van der Waals surface area contributed by atoms with Gasteiger partial charge in [0.15, 0.2) is 0 Å². The molecule has 5 heteroatoms. The van der Waals surface area contributed by atoms with Crippen molar-refractivity contribution in [2.75, 3.05) is 11.9 Å². The topological polar surface area (TPSA) is 67.4 Å². The van der Waals surface area contributed by atoms with E-state index < -0.39 is 0 Å². The van der Waals surface area contributed by atoms with Crippen LogP contribution in [0.4, 0.5) is 5.69 Å². The van der Waals surface area contributed by atoms with Crippen LogP contribution >= 0.6 is 0 Å². The molecule has 0 bridgehead atoms. The van der Waals surface area contributed by atoms with Crippen molar-refractivity contribution in [2.45, 2.75) is 45.6 Å². The van der Waals surface area contributed by atoms with Crippen LogP contribution in [0, 0.1) is 11.8 Å². The van der Waals surface area contributed by atoms with Crippen molar-refractivity contribution in [3.63, 3.8) is 0 Å². The third-order valence-electron chi connectivity index (χ3n) is 4.38. The molecule has 0 aromatic heterocycles. The zero-order valence-corrected chi connectivity index (χ0v) is 15.1. The Labute approximate surface area is 149 Å². The Bertz CT molecular complexity index is 587. The minimum Gasteiger partial charge on any atom is -0.491 e. The lowest BCUT2D eigenvalue weighted by Crippen LogP contribution is -2.35. The van der Waals surface area contributed by atoms with E-state index in [1.54, 1.807) is 6.08 Å². The molecule has 2 amide bonds. The first-order valence-electron chi connectivity index (χ1n) is 8.95. The number of hydrogen-bond donors (Lipinski definition) is 2. The van der Waals surface area contributed by atoms with Crippen LogP contribution in [0.25, 0.3) is 0 Å². The van der Waals surface area contributed by atoms with Crippen LogP contribution in [-0.4, -0.2) is 24.5 Å². The van der Waals surface area contributed by atoms with Gasteiger partial charge >= 0.3 is 0 Å². The first kappa shape index (κ1) is 19.0. The van der Waals surface area contributed by atoms with Crippen LogP contribution in [0.2, 0.25) is 0 Å². The summed E-state index contributed by atoms with van der Waals surface area (Å²) in [7, 11) is 0. The van der Waals surface area contributed by atoms with E-state index in [0.29, 0.717) is 6.54 Å². The minimum atomic E-state index is -0.0324. The molecule has 0 unspecified atom stereocenters. The second kappa shape index (κ2) is 9.25. The van der Waals surface area contributed by atoms with E-state index >= 15 is 0 Å². The number of ether oxygens (including phenoxy) is 1. The zero-order valence-electron chi connectivity index (χ0n) is 15.1. The van der Waals surface area contributed by atoms with E-state index in [9.17, 15) is 9.59 Å². The second-order valence-electron chi connectivity index (χ2n) is 6.76. The summed E-state index contributed by atoms with van der Waals surface area (Å²) in [5.74, 6) is 0.868. The normalized spacial score (nSPS) is 20.0. The van der Waals surface area contributed by atoms with E-state index in [1.807, 2.05) is 38.1 Å². The minimum absolute atomic E-state index is 0.0106. The molecule has 1 saturated carbocycles. The number of benzene rings is 1. The molecule has 1 fully saturated rings. The fourth-order valence-electron chi connectivity index (χ4n) is 3.07. The SMILES string of the molecule is C=CCNC(=O)C1CCC(C(=O)Nc2ccc(OC(C)C)cc2)CC1. The van der Waals surface area contributed by atoms with Crippen LogP contribution in [-0.2, 0) is 9.59 Å². The Kier molecular flexibility index (Phi) is 7.04. The largest absolute Gasteiger partial charge is 0.491 e. The molecule has 0 heterocycles. The highest BCUT2D eigenvalue weighted by molar-refractivity contribution is 5.92. The summed E-state index contributed by atoms with van der Waals surface area (Å²) < 4.78 is 5.60. The molecule has 2 N–H and O–H groups in total. The molecular formula is C20H28N2O3. The maximum Gasteiger partial charge on any atom is 0.227 e. The lowest BCUT2D eigenvalue weighted by atomic mass is 9.81. The number of rotatable bonds is 7. The smallest absolute Gasteiger partial charge is 0.227 e. The van der Waals surface area contributed by atoms with Gasteiger partial charge in [0.2, 0.25) is 11.8 Å². The summed E-state index contributed by atoms with van der Waals surface area (Å²) in [6.45, 7) is 8.04. The van der Waals surface area contributed by atoms with Gasteiger partial charge in [0.25, 0.3) is 0 Å². The molecule has 0 radical (unpaired) electrons. The highest BCUT2D eigenvalue weighted by Crippen LogP contribution is 2.30. The molecule has 2 rings (SSSR count). The predicted molar refractivity (Wildman–Crippen MR) is 99.5 cm³/mol. The molecule has 1 aliphatic rings. The van der Waals surface area contributed by atoms with Gasteiger partial charge in [-0.1, -0.05) is 6.08 Å². The van der Waals surface area contributed by atoms with Gasteiger partial charge in [-0.05, 0) is 63.8 Å². The van der Waals surface area contributed by atoms with E-state index in [-0.39, 0.29) is 29.8 Å². The van der Waals surface area contributed by atoms with Gasteiger partial charge in [-0.3, -0.25) is 9.59 Å². The number of hydrogen-bond acceptors (Lipinski definition) is 3. The number of anilines is 1. The highest BCUT2D eigenvalue weighted by Gasteiger charge is 2.29. The Morgan fingerprint density at radius 2 is 1.68 bits per heavy atom. The van der Waals surface area contributed by atoms with Gasteiger partial charge < -0.3 is 15.4 Å². The summed E-state index contributed by atoms with van der Waals surface area (Å²) in [5, 5.41) is 5.80. The molecule has 0 spiro atoms.